The average Bonchev–Trinajstić information content (AvgIpc) is 3.01. The van der Waals surface area contributed by atoms with E-state index < -0.39 is 0 Å². The second-order valence-electron chi connectivity index (χ2n) is 5.69. The van der Waals surface area contributed by atoms with Gasteiger partial charge in [0.05, 0.1) is 6.33 Å². The minimum Gasteiger partial charge on any atom is -0.306 e. The molecule has 2 nitrogen and oxygen atoms in total. The molecule has 1 aromatic carbocycles. The first-order valence-corrected chi connectivity index (χ1v) is 7.37. The number of rotatable bonds is 3. The second kappa shape index (κ2) is 5.38. The molecular weight excluding hydrogens is 256 g/mol. The van der Waals surface area contributed by atoms with Gasteiger partial charge in [0, 0.05) is 23.5 Å². The van der Waals surface area contributed by atoms with Crippen molar-refractivity contribution in [2.75, 3.05) is 0 Å². The maximum Gasteiger partial charge on any atom is 1.00 e. The highest BCUT2D eigenvalue weighted by molar-refractivity contribution is 6.21. The average molecular weight is 276 g/mol. The molecule has 1 fully saturated rings. The third kappa shape index (κ3) is 2.84. The highest BCUT2D eigenvalue weighted by atomic mass is 35.5. The maximum atomic E-state index is 6.42. The van der Waals surface area contributed by atoms with Gasteiger partial charge in [-0.3, -0.25) is 0 Å². The largest absolute Gasteiger partial charge is 1.00 e. The molecule has 0 N–H and O–H groups in total. The van der Waals surface area contributed by atoms with Gasteiger partial charge in [0.15, 0.2) is 0 Å². The van der Waals surface area contributed by atoms with Gasteiger partial charge in [0.25, 0.3) is 0 Å². The lowest BCUT2D eigenvalue weighted by molar-refractivity contribution is 0.516. The number of hydrogen-bond acceptors (Lipinski definition) is 1. The molecule has 1 aromatic heterocycles. The van der Waals surface area contributed by atoms with Crippen LogP contribution in [0.5, 0.6) is 0 Å². The molecule has 0 spiro atoms. The smallest absolute Gasteiger partial charge is 0.306 e. The molecular formula is C16H20ClN2+. The lowest BCUT2D eigenvalue weighted by Gasteiger charge is -2.14. The van der Waals surface area contributed by atoms with E-state index in [0.29, 0.717) is 11.3 Å². The van der Waals surface area contributed by atoms with Crippen LogP contribution in [0.2, 0.25) is 0 Å². The van der Waals surface area contributed by atoms with Crippen LogP contribution in [0, 0.1) is 11.8 Å². The summed E-state index contributed by atoms with van der Waals surface area (Å²) in [5, 5.41) is 0.350. The van der Waals surface area contributed by atoms with Crippen LogP contribution in [0.15, 0.2) is 43.0 Å². The molecule has 0 radical (unpaired) electrons. The molecule has 0 amide bonds. The summed E-state index contributed by atoms with van der Waals surface area (Å²) in [5.74, 6) is 1.41. The topological polar surface area (TPSA) is 17.8 Å². The fourth-order valence-corrected chi connectivity index (χ4v) is 3.56. The van der Waals surface area contributed by atoms with Gasteiger partial charge in [-0.05, 0) is 48.8 Å². The molecule has 1 aliphatic carbocycles. The Hall–Kier alpha value is -1.28. The molecule has 3 rings (SSSR count). The molecule has 100 valence electrons. The molecule has 3 atom stereocenters. The van der Waals surface area contributed by atoms with Crippen molar-refractivity contribution in [1.82, 2.24) is 9.55 Å². The van der Waals surface area contributed by atoms with Gasteiger partial charge in [0.2, 0.25) is 0 Å². The van der Waals surface area contributed by atoms with Crippen molar-refractivity contribution < 1.29 is 1.43 Å². The third-order valence-corrected chi connectivity index (χ3v) is 4.62. The zero-order valence-corrected chi connectivity index (χ0v) is 11.9. The number of imidazole rings is 1. The maximum absolute atomic E-state index is 6.42. The normalized spacial score (nSPS) is 26.7. The summed E-state index contributed by atoms with van der Waals surface area (Å²) in [6.07, 6.45) is 9.11. The first-order chi connectivity index (χ1) is 9.22. The highest BCUT2D eigenvalue weighted by Gasteiger charge is 2.30. The van der Waals surface area contributed by atoms with Gasteiger partial charge in [-0.25, -0.2) is 4.98 Å². The quantitative estimate of drug-likeness (QED) is 0.769. The number of aromatic nitrogens is 2. The predicted octanol–water partition coefficient (Wildman–Crippen LogP) is 4.18. The fourth-order valence-electron chi connectivity index (χ4n) is 3.07. The molecule has 1 heterocycles. The zero-order chi connectivity index (χ0) is 13.2. The van der Waals surface area contributed by atoms with E-state index in [1.807, 2.05) is 17.1 Å². The van der Waals surface area contributed by atoms with Gasteiger partial charge in [-0.2, -0.15) is 0 Å². The van der Waals surface area contributed by atoms with Crippen LogP contribution in [0.1, 0.15) is 26.8 Å². The van der Waals surface area contributed by atoms with E-state index in [1.165, 1.54) is 18.4 Å². The van der Waals surface area contributed by atoms with Crippen molar-refractivity contribution in [3.05, 3.63) is 48.5 Å². The Morgan fingerprint density at radius 1 is 1.32 bits per heavy atom. The first kappa shape index (κ1) is 12.7. The molecule has 0 aliphatic heterocycles. The van der Waals surface area contributed by atoms with Crippen LogP contribution in [0.3, 0.4) is 0 Å². The Bertz CT molecular complexity index is 524. The molecule has 3 unspecified atom stereocenters. The predicted molar refractivity (Wildman–Crippen MR) is 79.9 cm³/mol. The monoisotopic (exact) mass is 275 g/mol. The standard InChI is InChI=1S/C16H19ClN2/c1-12-8-14(16(17)9-12)10-13-2-4-15(5-3-13)19-7-6-18-11-19/h2-7,11-12,14,16H,8-10H2,1H3/p+1. The second-order valence-corrected chi connectivity index (χ2v) is 6.25. The Kier molecular flexibility index (Phi) is 3.61. The van der Waals surface area contributed by atoms with E-state index in [4.69, 9.17) is 11.6 Å². The van der Waals surface area contributed by atoms with Crippen LogP contribution in [-0.2, 0) is 6.42 Å². The number of nitrogens with zero attached hydrogens (tertiary/aromatic N) is 2. The van der Waals surface area contributed by atoms with Gasteiger partial charge in [0.1, 0.15) is 0 Å². The molecule has 19 heavy (non-hydrogen) atoms. The summed E-state index contributed by atoms with van der Waals surface area (Å²) in [5.41, 5.74) is 2.54. The van der Waals surface area contributed by atoms with E-state index in [-0.39, 0.29) is 1.43 Å². The summed E-state index contributed by atoms with van der Waals surface area (Å²) >= 11 is 6.42. The van der Waals surface area contributed by atoms with Crippen molar-refractivity contribution in [2.45, 2.75) is 31.6 Å². The van der Waals surface area contributed by atoms with Gasteiger partial charge < -0.3 is 4.57 Å². The van der Waals surface area contributed by atoms with Crippen LogP contribution < -0.4 is 0 Å². The minimum absolute atomic E-state index is 0. The molecule has 3 heteroatoms. The summed E-state index contributed by atoms with van der Waals surface area (Å²) in [7, 11) is 0. The van der Waals surface area contributed by atoms with Crippen molar-refractivity contribution >= 4 is 11.6 Å². The summed E-state index contributed by atoms with van der Waals surface area (Å²) in [6.45, 7) is 2.30. The Morgan fingerprint density at radius 3 is 2.68 bits per heavy atom. The Labute approximate surface area is 120 Å². The van der Waals surface area contributed by atoms with Crippen LogP contribution in [0.4, 0.5) is 0 Å². The molecule has 1 saturated carbocycles. The van der Waals surface area contributed by atoms with Crippen LogP contribution >= 0.6 is 11.6 Å². The molecule has 0 bridgehead atoms. The number of benzene rings is 1. The van der Waals surface area contributed by atoms with Crippen molar-refractivity contribution in [3.8, 4) is 5.69 Å². The van der Waals surface area contributed by atoms with E-state index >= 15 is 0 Å². The molecule has 2 aromatic rings. The van der Waals surface area contributed by atoms with Crippen LogP contribution in [-0.4, -0.2) is 14.9 Å². The summed E-state index contributed by atoms with van der Waals surface area (Å²) in [6, 6.07) is 8.72. The van der Waals surface area contributed by atoms with Gasteiger partial charge in [-0.1, -0.05) is 19.1 Å². The Balaban J connectivity index is 0.00000147. The van der Waals surface area contributed by atoms with Crippen molar-refractivity contribution in [2.24, 2.45) is 11.8 Å². The highest BCUT2D eigenvalue weighted by Crippen LogP contribution is 2.36. The number of halogens is 1. The molecule has 0 saturated heterocycles. The lowest BCUT2D eigenvalue weighted by atomic mass is 9.96. The SMILES string of the molecule is CC1CC(Cl)C(Cc2ccc(-n3ccnc3)cc2)C1.[H+]. The van der Waals surface area contributed by atoms with E-state index in [0.717, 1.165) is 18.0 Å². The van der Waals surface area contributed by atoms with Gasteiger partial charge in [-0.15, -0.1) is 11.6 Å². The zero-order valence-electron chi connectivity index (χ0n) is 12.2. The van der Waals surface area contributed by atoms with E-state index in [2.05, 4.69) is 36.2 Å². The number of hydrogen-bond donors (Lipinski definition) is 0. The van der Waals surface area contributed by atoms with Crippen LogP contribution in [0.25, 0.3) is 5.69 Å². The number of alkyl halides is 1. The Morgan fingerprint density at radius 2 is 2.11 bits per heavy atom. The summed E-state index contributed by atoms with van der Waals surface area (Å²) in [4.78, 5) is 4.07. The summed E-state index contributed by atoms with van der Waals surface area (Å²) < 4.78 is 2.02. The van der Waals surface area contributed by atoms with Gasteiger partial charge >= 0.3 is 1.43 Å². The minimum atomic E-state index is 0. The van der Waals surface area contributed by atoms with E-state index in [1.54, 1.807) is 6.20 Å². The first-order valence-electron chi connectivity index (χ1n) is 6.93. The molecule has 1 aliphatic rings. The lowest BCUT2D eigenvalue weighted by Crippen LogP contribution is -2.10. The van der Waals surface area contributed by atoms with E-state index in [9.17, 15) is 0 Å². The fraction of sp³-hybridized carbons (Fsp3) is 0.438. The van der Waals surface area contributed by atoms with Crippen molar-refractivity contribution in [1.29, 1.82) is 0 Å². The van der Waals surface area contributed by atoms with Crippen molar-refractivity contribution in [3.63, 3.8) is 0 Å². The third-order valence-electron chi connectivity index (χ3n) is 4.08.